The summed E-state index contributed by atoms with van der Waals surface area (Å²) in [6, 6.07) is 64.7. The highest BCUT2D eigenvalue weighted by atomic mass is 16.3. The molecule has 0 aliphatic rings. The van der Waals surface area contributed by atoms with E-state index < -0.39 is 0 Å². The predicted octanol–water partition coefficient (Wildman–Crippen LogP) is 13.6. The van der Waals surface area contributed by atoms with Crippen LogP contribution < -0.4 is 0 Å². The number of rotatable bonds is 4. The van der Waals surface area contributed by atoms with Crippen LogP contribution in [0.1, 0.15) is 0 Å². The molecule has 5 nitrogen and oxygen atoms in total. The fraction of sp³-hybridized carbons (Fsp3) is 0. The van der Waals surface area contributed by atoms with E-state index in [2.05, 4.69) is 155 Å². The Hall–Kier alpha value is -7.76. The van der Waals surface area contributed by atoms with Crippen LogP contribution in [-0.4, -0.2) is 18.9 Å². The lowest BCUT2D eigenvalue weighted by Gasteiger charge is -2.10. The summed E-state index contributed by atoms with van der Waals surface area (Å²) in [7, 11) is 0. The fourth-order valence-electron chi connectivity index (χ4n) is 9.36. The summed E-state index contributed by atoms with van der Waals surface area (Å²) in [5.74, 6) is 1.37. The van der Waals surface area contributed by atoms with Crippen LogP contribution in [0, 0.1) is 0 Å². The lowest BCUT2D eigenvalue weighted by atomic mass is 9.98. The molecule has 0 saturated heterocycles. The van der Waals surface area contributed by atoms with E-state index in [9.17, 15) is 0 Å². The zero-order valence-electron chi connectivity index (χ0n) is 30.5. The molecule has 5 heteroatoms. The van der Waals surface area contributed by atoms with E-state index in [-0.39, 0.29) is 0 Å². The second-order valence-corrected chi connectivity index (χ2v) is 14.9. The molecule has 0 bridgehead atoms. The smallest absolute Gasteiger partial charge is 0.197 e. The van der Waals surface area contributed by atoms with E-state index in [0.717, 1.165) is 44.0 Å². The molecule has 13 rings (SSSR count). The molecular weight excluding hydrogens is 697 g/mol. The normalized spacial score (nSPS) is 12.2. The lowest BCUT2D eigenvalue weighted by molar-refractivity contribution is 0.662. The van der Waals surface area contributed by atoms with Crippen molar-refractivity contribution in [2.75, 3.05) is 0 Å². The number of hydrogen-bond acceptors (Lipinski definition) is 3. The second-order valence-electron chi connectivity index (χ2n) is 14.9. The monoisotopic (exact) mass is 726 g/mol. The average Bonchev–Trinajstić information content (AvgIpc) is 4.02. The van der Waals surface area contributed by atoms with Crippen LogP contribution >= 0.6 is 0 Å². The molecule has 5 aromatic heterocycles. The number of nitrogens with zero attached hydrogens (tertiary/aromatic N) is 4. The number of benzene rings is 8. The van der Waals surface area contributed by atoms with Crippen molar-refractivity contribution in [1.82, 2.24) is 18.9 Å². The highest BCUT2D eigenvalue weighted by Gasteiger charge is 2.27. The molecule has 13 aromatic rings. The van der Waals surface area contributed by atoms with Gasteiger partial charge in [-0.15, -0.1) is 0 Å². The molecule has 0 fully saturated rings. The van der Waals surface area contributed by atoms with Crippen molar-refractivity contribution >= 4 is 82.0 Å². The highest BCUT2D eigenvalue weighted by molar-refractivity contribution is 6.36. The summed E-state index contributed by atoms with van der Waals surface area (Å²) in [4.78, 5) is 10.6. The van der Waals surface area contributed by atoms with Gasteiger partial charge in [-0.05, 0) is 70.8 Å². The van der Waals surface area contributed by atoms with E-state index in [4.69, 9.17) is 14.4 Å². The number of furan rings is 1. The largest absolute Gasteiger partial charge is 0.450 e. The lowest BCUT2D eigenvalue weighted by Crippen LogP contribution is -2.01. The minimum absolute atomic E-state index is 0.653. The maximum atomic E-state index is 6.77. The molecule has 0 amide bonds. The zero-order valence-corrected chi connectivity index (χ0v) is 30.5. The molecule has 0 N–H and O–H groups in total. The quantitative estimate of drug-likeness (QED) is 0.181. The molecule has 0 saturated carbocycles. The van der Waals surface area contributed by atoms with Crippen molar-refractivity contribution < 1.29 is 4.42 Å². The Morgan fingerprint density at radius 3 is 1.72 bits per heavy atom. The number of fused-ring (bicyclic) bond motifs is 13. The highest BCUT2D eigenvalue weighted by Crippen LogP contribution is 2.48. The Bertz CT molecular complexity index is 3730. The first-order chi connectivity index (χ1) is 28.3. The molecule has 57 heavy (non-hydrogen) atoms. The van der Waals surface area contributed by atoms with Gasteiger partial charge in [0, 0.05) is 43.3 Å². The van der Waals surface area contributed by atoms with Crippen molar-refractivity contribution in [3.63, 3.8) is 0 Å². The Morgan fingerprint density at radius 1 is 0.386 bits per heavy atom. The van der Waals surface area contributed by atoms with Gasteiger partial charge < -0.3 is 8.82 Å². The molecule has 5 heterocycles. The third kappa shape index (κ3) is 4.23. The summed E-state index contributed by atoms with van der Waals surface area (Å²) in [5.41, 5.74) is 13.7. The molecule has 264 valence electrons. The van der Waals surface area contributed by atoms with E-state index in [1.165, 1.54) is 60.2 Å². The van der Waals surface area contributed by atoms with Gasteiger partial charge in [0.25, 0.3) is 0 Å². The summed E-state index contributed by atoms with van der Waals surface area (Å²) in [6.45, 7) is 0. The topological polar surface area (TPSA) is 48.3 Å². The Kier molecular flexibility index (Phi) is 6.10. The molecule has 0 aliphatic heterocycles. The van der Waals surface area contributed by atoms with Crippen LogP contribution in [0.3, 0.4) is 0 Å². The Labute approximate surface area is 325 Å². The minimum atomic E-state index is 0.653. The van der Waals surface area contributed by atoms with Gasteiger partial charge in [0.2, 0.25) is 0 Å². The number of aromatic nitrogens is 4. The number of para-hydroxylation sites is 2. The van der Waals surface area contributed by atoms with Crippen molar-refractivity contribution in [2.24, 2.45) is 0 Å². The third-order valence-corrected chi connectivity index (χ3v) is 11.9. The van der Waals surface area contributed by atoms with Gasteiger partial charge in [0.15, 0.2) is 17.2 Å². The number of hydrogen-bond donors (Lipinski definition) is 0. The summed E-state index contributed by atoms with van der Waals surface area (Å²) >= 11 is 0. The van der Waals surface area contributed by atoms with Crippen molar-refractivity contribution in [3.8, 4) is 39.5 Å². The molecule has 0 spiro atoms. The van der Waals surface area contributed by atoms with Crippen LogP contribution in [0.5, 0.6) is 0 Å². The first-order valence-electron chi connectivity index (χ1n) is 19.3. The van der Waals surface area contributed by atoms with E-state index in [1.807, 2.05) is 36.4 Å². The van der Waals surface area contributed by atoms with Gasteiger partial charge in [-0.2, -0.15) is 0 Å². The van der Waals surface area contributed by atoms with Crippen LogP contribution in [0.4, 0.5) is 0 Å². The molecule has 0 aliphatic carbocycles. The SMILES string of the molecule is c1ccc(-c2ccc3c(c2)c2c4c5ccccc5n5c6ccc(-c7ccccc7)cc6c(cc2n3-c2nc(-c3ccccc3)nc3c2oc2ccccc23)c45)cc1. The van der Waals surface area contributed by atoms with Gasteiger partial charge in [-0.3, -0.25) is 4.57 Å². The van der Waals surface area contributed by atoms with Gasteiger partial charge >= 0.3 is 0 Å². The molecule has 0 radical (unpaired) electrons. The van der Waals surface area contributed by atoms with Crippen LogP contribution in [0.15, 0.2) is 186 Å². The standard InChI is InChI=1S/C52H30N4O/c1-4-14-31(15-5-1)34-24-26-42-38(28-34)39-30-44-46(47-36-20-10-12-22-41(36)55(42)49(39)47)40-29-35(32-16-6-2-7-17-32)25-27-43(40)56(44)52-50-48(37-21-11-13-23-45(37)57-50)53-51(54-52)33-18-8-3-9-19-33/h1-30H. The maximum Gasteiger partial charge on any atom is 0.197 e. The molecule has 0 atom stereocenters. The minimum Gasteiger partial charge on any atom is -0.450 e. The van der Waals surface area contributed by atoms with Crippen LogP contribution in [0.2, 0.25) is 0 Å². The predicted molar refractivity (Wildman–Crippen MR) is 235 cm³/mol. The van der Waals surface area contributed by atoms with Gasteiger partial charge in [0.05, 0.1) is 27.6 Å². The first-order valence-corrected chi connectivity index (χ1v) is 19.3. The van der Waals surface area contributed by atoms with Crippen molar-refractivity contribution in [1.29, 1.82) is 0 Å². The van der Waals surface area contributed by atoms with Crippen LogP contribution in [0.25, 0.3) is 121 Å². The van der Waals surface area contributed by atoms with Crippen molar-refractivity contribution in [2.45, 2.75) is 0 Å². The Balaban J connectivity index is 1.25. The van der Waals surface area contributed by atoms with Gasteiger partial charge in [-0.1, -0.05) is 133 Å². The van der Waals surface area contributed by atoms with E-state index >= 15 is 0 Å². The van der Waals surface area contributed by atoms with E-state index in [0.29, 0.717) is 17.2 Å². The van der Waals surface area contributed by atoms with Gasteiger partial charge in [-0.25, -0.2) is 9.97 Å². The fourth-order valence-corrected chi connectivity index (χ4v) is 9.36. The zero-order chi connectivity index (χ0) is 37.2. The summed E-state index contributed by atoms with van der Waals surface area (Å²) in [5, 5.41) is 8.19. The Morgan fingerprint density at radius 2 is 0.982 bits per heavy atom. The maximum absolute atomic E-state index is 6.77. The van der Waals surface area contributed by atoms with E-state index in [1.54, 1.807) is 0 Å². The average molecular weight is 727 g/mol. The van der Waals surface area contributed by atoms with Crippen molar-refractivity contribution in [3.05, 3.63) is 182 Å². The summed E-state index contributed by atoms with van der Waals surface area (Å²) in [6.07, 6.45) is 0. The molecule has 0 unspecified atom stereocenters. The molecular formula is C52H30N4O. The first kappa shape index (κ1) is 30.6. The van der Waals surface area contributed by atoms with Gasteiger partial charge in [0.1, 0.15) is 11.1 Å². The third-order valence-electron chi connectivity index (χ3n) is 11.9. The second kappa shape index (κ2) is 11.4. The molecule has 8 aromatic carbocycles. The van der Waals surface area contributed by atoms with Crippen LogP contribution in [-0.2, 0) is 0 Å². The summed E-state index contributed by atoms with van der Waals surface area (Å²) < 4.78 is 11.6.